The number of carbonyl (C=O) groups excluding carboxylic acids is 1. The SMILES string of the molecule is C=C1C(=O)C(NCC(C)(C)OP2N(c3ccccc3)CCN2c2ccccc2)=C1Nc1ccccc1.CC(C)(CNC(=S)Nc1ccccc1)OP1N(c2ccccc2)CCN1c1ccccc1. The Kier molecular flexibility index (Phi) is 15.8. The number of rotatable bonds is 16. The highest BCUT2D eigenvalue weighted by Crippen LogP contribution is 2.57. The molecule has 14 heteroatoms. The molecular formula is C54H60N8O3P2S. The average Bonchev–Trinajstić information content (AvgIpc) is 3.98. The third-order valence-corrected chi connectivity index (χ3v) is 16.2. The van der Waals surface area contributed by atoms with Crippen molar-refractivity contribution in [2.24, 2.45) is 0 Å². The van der Waals surface area contributed by atoms with Crippen molar-refractivity contribution in [1.29, 1.82) is 0 Å². The van der Waals surface area contributed by atoms with Gasteiger partial charge in [-0.2, -0.15) is 0 Å². The molecule has 2 heterocycles. The quantitative estimate of drug-likeness (QED) is 0.0423. The van der Waals surface area contributed by atoms with Crippen LogP contribution in [0.3, 0.4) is 0 Å². The molecule has 2 aliphatic heterocycles. The number of nitrogens with zero attached hydrogens (tertiary/aromatic N) is 4. The molecule has 2 fully saturated rings. The van der Waals surface area contributed by atoms with Gasteiger partial charge >= 0.3 is 0 Å². The summed E-state index contributed by atoms with van der Waals surface area (Å²) >= 11 is 5.49. The fraction of sp³-hybridized carbons (Fsp3) is 0.222. The maximum absolute atomic E-state index is 12.6. The lowest BCUT2D eigenvalue weighted by molar-refractivity contribution is -0.113. The predicted octanol–water partition coefficient (Wildman–Crippen LogP) is 12.1. The lowest BCUT2D eigenvalue weighted by Gasteiger charge is -2.38. The van der Waals surface area contributed by atoms with E-state index in [0.717, 1.165) is 54.6 Å². The summed E-state index contributed by atoms with van der Waals surface area (Å²) in [4.78, 5) is 12.6. The van der Waals surface area contributed by atoms with Crippen LogP contribution in [0.25, 0.3) is 0 Å². The van der Waals surface area contributed by atoms with Gasteiger partial charge in [-0.05, 0) is 113 Å². The Labute approximate surface area is 409 Å². The minimum absolute atomic E-state index is 0.0624. The van der Waals surface area contributed by atoms with Crippen LogP contribution in [0.1, 0.15) is 27.7 Å². The van der Waals surface area contributed by atoms with Crippen molar-refractivity contribution in [2.45, 2.75) is 38.9 Å². The number of para-hydroxylation sites is 6. The Morgan fingerprint density at radius 2 is 0.868 bits per heavy atom. The molecule has 68 heavy (non-hydrogen) atoms. The number of nitrogens with one attached hydrogen (secondary N) is 4. The third kappa shape index (κ3) is 12.2. The van der Waals surface area contributed by atoms with Gasteiger partial charge in [0.25, 0.3) is 0 Å². The fourth-order valence-corrected chi connectivity index (χ4v) is 12.2. The molecule has 0 aromatic heterocycles. The molecular weight excluding hydrogens is 903 g/mol. The molecule has 0 radical (unpaired) electrons. The van der Waals surface area contributed by atoms with Gasteiger partial charge in [-0.1, -0.05) is 116 Å². The summed E-state index contributed by atoms with van der Waals surface area (Å²) in [6, 6.07) is 61.6. The van der Waals surface area contributed by atoms with Crippen LogP contribution >= 0.6 is 29.1 Å². The summed E-state index contributed by atoms with van der Waals surface area (Å²) in [5.41, 5.74) is 7.36. The van der Waals surface area contributed by atoms with Crippen LogP contribution in [0.15, 0.2) is 206 Å². The van der Waals surface area contributed by atoms with Gasteiger partial charge in [0.15, 0.2) is 5.11 Å². The minimum atomic E-state index is -1.11. The van der Waals surface area contributed by atoms with Crippen molar-refractivity contribution in [1.82, 2.24) is 10.6 Å². The predicted molar refractivity (Wildman–Crippen MR) is 289 cm³/mol. The molecule has 0 amide bonds. The van der Waals surface area contributed by atoms with E-state index in [9.17, 15) is 4.79 Å². The fourth-order valence-electron chi connectivity index (χ4n) is 7.73. The number of carbonyl (C=O) groups is 1. The Balaban J connectivity index is 0.000000185. The molecule has 2 saturated heterocycles. The lowest BCUT2D eigenvalue weighted by Crippen LogP contribution is -2.43. The summed E-state index contributed by atoms with van der Waals surface area (Å²) in [5, 5.41) is 13.8. The maximum atomic E-state index is 12.6. The molecule has 3 aliphatic rings. The van der Waals surface area contributed by atoms with Gasteiger partial charge in [0.1, 0.15) is 5.70 Å². The number of allylic oxidation sites excluding steroid dienone is 2. The molecule has 6 aromatic rings. The first-order valence-electron chi connectivity index (χ1n) is 22.9. The van der Waals surface area contributed by atoms with Gasteiger partial charge in [0.05, 0.1) is 16.9 Å². The van der Waals surface area contributed by atoms with Crippen molar-refractivity contribution in [3.63, 3.8) is 0 Å². The molecule has 0 atom stereocenters. The Hall–Kier alpha value is -6.26. The van der Waals surface area contributed by atoms with Gasteiger partial charge in [-0.25, -0.2) is 0 Å². The maximum Gasteiger partial charge on any atom is 0.249 e. The van der Waals surface area contributed by atoms with E-state index in [0.29, 0.717) is 29.5 Å². The summed E-state index contributed by atoms with van der Waals surface area (Å²) in [6.07, 6.45) is 0. The van der Waals surface area contributed by atoms with Crippen LogP contribution < -0.4 is 39.9 Å². The van der Waals surface area contributed by atoms with Crippen molar-refractivity contribution in [3.05, 3.63) is 206 Å². The first-order chi connectivity index (χ1) is 32.9. The second kappa shape index (κ2) is 22.2. The second-order valence-corrected chi connectivity index (χ2v) is 21.3. The van der Waals surface area contributed by atoms with Crippen LogP contribution in [-0.2, 0) is 13.8 Å². The van der Waals surface area contributed by atoms with Gasteiger partial charge in [0.2, 0.25) is 22.7 Å². The zero-order valence-electron chi connectivity index (χ0n) is 39.1. The lowest BCUT2D eigenvalue weighted by atomic mass is 9.92. The first kappa shape index (κ1) is 48.2. The van der Waals surface area contributed by atoms with Crippen LogP contribution in [0.4, 0.5) is 34.1 Å². The Morgan fingerprint density at radius 1 is 0.529 bits per heavy atom. The van der Waals surface area contributed by atoms with E-state index >= 15 is 0 Å². The van der Waals surface area contributed by atoms with Crippen LogP contribution in [0.2, 0.25) is 0 Å². The van der Waals surface area contributed by atoms with E-state index in [1.165, 1.54) is 11.4 Å². The van der Waals surface area contributed by atoms with Crippen LogP contribution in [0, 0.1) is 0 Å². The highest BCUT2D eigenvalue weighted by Gasteiger charge is 2.41. The highest BCUT2D eigenvalue weighted by atomic mass is 32.1. The summed E-state index contributed by atoms with van der Waals surface area (Å²) in [6.45, 7) is 16.9. The molecule has 1 aliphatic carbocycles. The number of hydrogen-bond donors (Lipinski definition) is 4. The highest BCUT2D eigenvalue weighted by molar-refractivity contribution is 7.80. The topological polar surface area (TPSA) is 96.6 Å². The molecule has 9 rings (SSSR count). The van der Waals surface area contributed by atoms with E-state index in [1.54, 1.807) is 0 Å². The van der Waals surface area contributed by atoms with Crippen molar-refractivity contribution in [3.8, 4) is 0 Å². The van der Waals surface area contributed by atoms with Crippen molar-refractivity contribution < 1.29 is 13.8 Å². The average molecular weight is 963 g/mol. The van der Waals surface area contributed by atoms with Gasteiger partial charge in [-0.15, -0.1) is 0 Å². The molecule has 0 bridgehead atoms. The molecule has 0 spiro atoms. The third-order valence-electron chi connectivity index (χ3n) is 11.2. The van der Waals surface area contributed by atoms with E-state index in [2.05, 4.69) is 171 Å². The number of hydrogen-bond acceptors (Lipinski definition) is 10. The van der Waals surface area contributed by atoms with E-state index in [-0.39, 0.29) is 5.78 Å². The number of Topliss-reactive ketones (excluding diaryl/α,β-unsaturated/α-hetero) is 1. The monoisotopic (exact) mass is 962 g/mol. The molecule has 0 unspecified atom stereocenters. The van der Waals surface area contributed by atoms with Crippen LogP contribution in [0.5, 0.6) is 0 Å². The Morgan fingerprint density at radius 3 is 1.25 bits per heavy atom. The number of benzene rings is 6. The number of anilines is 6. The van der Waals surface area contributed by atoms with E-state index < -0.39 is 28.1 Å². The van der Waals surface area contributed by atoms with Gasteiger partial charge in [0, 0.05) is 79.0 Å². The Bertz CT molecular complexity index is 2540. The second-order valence-electron chi connectivity index (χ2n) is 17.6. The molecule has 11 nitrogen and oxygen atoms in total. The molecule has 4 N–H and O–H groups in total. The molecule has 6 aromatic carbocycles. The smallest absolute Gasteiger partial charge is 0.249 e. The van der Waals surface area contributed by atoms with E-state index in [1.807, 2.05) is 84.9 Å². The van der Waals surface area contributed by atoms with Gasteiger partial charge < -0.3 is 49.0 Å². The molecule has 350 valence electrons. The zero-order chi connectivity index (χ0) is 47.5. The van der Waals surface area contributed by atoms with E-state index in [4.69, 9.17) is 21.3 Å². The molecule has 0 saturated carbocycles. The standard InChI is InChI=1S/C29H31N4O2P.C25H29N4OPS/c1-22-26(31-23-13-7-4-8-14-23)27(28(22)34)30-21-29(2,3)35-36-32(24-15-9-5-10-16-24)19-20-33(36)25-17-11-6-12-18-25;1-25(2,20-26-24(32)27-21-12-6-3-7-13-21)30-31-28(22-14-8-4-9-15-22)18-19-29(31)23-16-10-5-11-17-23/h4-18,30-31H,1,19-21H2,2-3H3;3-17H,18-20H2,1-2H3,(H2,26,27,32). The number of ketones is 1. The largest absolute Gasteiger partial charge is 0.377 e. The van der Waals surface area contributed by atoms with Crippen LogP contribution in [-0.4, -0.2) is 61.4 Å². The zero-order valence-corrected chi connectivity index (χ0v) is 41.7. The van der Waals surface area contributed by atoms with Gasteiger partial charge in [-0.3, -0.25) is 4.79 Å². The number of thiocarbonyl (C=S) groups is 1. The normalized spacial score (nSPS) is 15.5. The summed E-state index contributed by atoms with van der Waals surface area (Å²) < 4.78 is 23.1. The summed E-state index contributed by atoms with van der Waals surface area (Å²) in [7, 11) is -2.14. The first-order valence-corrected chi connectivity index (χ1v) is 25.6. The van der Waals surface area contributed by atoms with Crippen molar-refractivity contribution in [2.75, 3.05) is 68.6 Å². The summed E-state index contributed by atoms with van der Waals surface area (Å²) in [5.74, 6) is -0.0624. The van der Waals surface area contributed by atoms with Crippen molar-refractivity contribution >= 4 is 74.1 Å². The minimum Gasteiger partial charge on any atom is -0.377 e.